The van der Waals surface area contributed by atoms with Crippen LogP contribution in [0.4, 0.5) is 11.6 Å². The van der Waals surface area contributed by atoms with E-state index in [1.165, 1.54) is 24.8 Å². The van der Waals surface area contributed by atoms with E-state index in [0.29, 0.717) is 17.6 Å². The lowest BCUT2D eigenvalue weighted by Crippen LogP contribution is -2.23. The maximum atomic E-state index is 12.3. The van der Waals surface area contributed by atoms with Crippen LogP contribution in [0.1, 0.15) is 53.6 Å². The fraction of sp³-hybridized carbons (Fsp3) is 0.421. The number of nitrogens with one attached hydrogen (secondary N) is 2. The van der Waals surface area contributed by atoms with Gasteiger partial charge >= 0.3 is 0 Å². The van der Waals surface area contributed by atoms with E-state index in [0.717, 1.165) is 24.1 Å². The molecule has 2 aromatic rings. The minimum atomic E-state index is -0.189. The van der Waals surface area contributed by atoms with Crippen LogP contribution in [-0.2, 0) is 0 Å². The highest BCUT2D eigenvalue weighted by Gasteiger charge is 2.15. The van der Waals surface area contributed by atoms with Crippen LogP contribution < -0.4 is 10.6 Å². The van der Waals surface area contributed by atoms with Crippen LogP contribution in [0.25, 0.3) is 0 Å². The molecule has 24 heavy (non-hydrogen) atoms. The fourth-order valence-electron chi connectivity index (χ4n) is 3.10. The number of anilines is 2. The summed E-state index contributed by atoms with van der Waals surface area (Å²) in [5.74, 6) is 0.413. The molecule has 2 N–H and O–H groups in total. The summed E-state index contributed by atoms with van der Waals surface area (Å²) < 4.78 is 0. The van der Waals surface area contributed by atoms with Crippen molar-refractivity contribution in [3.63, 3.8) is 0 Å². The number of rotatable bonds is 4. The first-order chi connectivity index (χ1) is 11.6. The average Bonchev–Trinajstić information content (AvgIpc) is 2.59. The van der Waals surface area contributed by atoms with E-state index in [9.17, 15) is 4.79 Å². The van der Waals surface area contributed by atoms with E-state index in [2.05, 4.69) is 20.6 Å². The Hall–Kier alpha value is -2.43. The standard InChI is InChI=1S/C19H24N4O/c1-13-8-9-17(14(2)10-13)23-18(24)15-11-20-19(21-12-15)22-16-6-4-3-5-7-16/h8-12,16H,3-7H2,1-2H3,(H,23,24)(H,20,21,22). The summed E-state index contributed by atoms with van der Waals surface area (Å²) in [7, 11) is 0. The van der Waals surface area contributed by atoms with E-state index in [-0.39, 0.29) is 5.91 Å². The molecular weight excluding hydrogens is 300 g/mol. The SMILES string of the molecule is Cc1ccc(NC(=O)c2cnc(NC3CCCCC3)nc2)c(C)c1. The second-order valence-electron chi connectivity index (χ2n) is 6.55. The van der Waals surface area contributed by atoms with Gasteiger partial charge in [-0.15, -0.1) is 0 Å². The molecule has 1 heterocycles. The predicted molar refractivity (Wildman–Crippen MR) is 96.4 cm³/mol. The molecule has 1 amide bonds. The maximum Gasteiger partial charge on any atom is 0.258 e. The van der Waals surface area contributed by atoms with Crippen LogP contribution in [0.15, 0.2) is 30.6 Å². The van der Waals surface area contributed by atoms with Gasteiger partial charge in [-0.1, -0.05) is 37.0 Å². The normalized spacial score (nSPS) is 15.1. The third kappa shape index (κ3) is 4.10. The minimum absolute atomic E-state index is 0.189. The van der Waals surface area contributed by atoms with Crippen molar-refractivity contribution in [2.45, 2.75) is 52.0 Å². The number of benzene rings is 1. The zero-order valence-corrected chi connectivity index (χ0v) is 14.3. The van der Waals surface area contributed by atoms with Crippen molar-refractivity contribution in [3.8, 4) is 0 Å². The van der Waals surface area contributed by atoms with Crippen molar-refractivity contribution in [1.29, 1.82) is 0 Å². The Labute approximate surface area is 142 Å². The summed E-state index contributed by atoms with van der Waals surface area (Å²) in [5, 5.41) is 6.27. The van der Waals surface area contributed by atoms with Gasteiger partial charge in [-0.2, -0.15) is 0 Å². The Balaban J connectivity index is 1.62. The molecule has 0 spiro atoms. The summed E-state index contributed by atoms with van der Waals surface area (Å²) in [4.78, 5) is 20.9. The van der Waals surface area contributed by atoms with Crippen molar-refractivity contribution in [2.24, 2.45) is 0 Å². The largest absolute Gasteiger partial charge is 0.351 e. The molecule has 0 aliphatic heterocycles. The van der Waals surface area contributed by atoms with Gasteiger partial charge in [0.25, 0.3) is 5.91 Å². The molecule has 1 aliphatic carbocycles. The van der Waals surface area contributed by atoms with Crippen molar-refractivity contribution in [2.75, 3.05) is 10.6 Å². The Morgan fingerprint density at radius 3 is 2.46 bits per heavy atom. The monoisotopic (exact) mass is 324 g/mol. The average molecular weight is 324 g/mol. The van der Waals surface area contributed by atoms with Gasteiger partial charge in [0.2, 0.25) is 5.95 Å². The predicted octanol–water partition coefficient (Wildman–Crippen LogP) is 4.09. The Bertz CT molecular complexity index is 706. The van der Waals surface area contributed by atoms with Crippen LogP contribution in [-0.4, -0.2) is 21.9 Å². The summed E-state index contributed by atoms with van der Waals surface area (Å²) >= 11 is 0. The van der Waals surface area contributed by atoms with Gasteiger partial charge in [-0.05, 0) is 38.3 Å². The molecule has 1 aromatic carbocycles. The minimum Gasteiger partial charge on any atom is -0.351 e. The second kappa shape index (κ2) is 7.43. The van der Waals surface area contributed by atoms with Gasteiger partial charge in [0.1, 0.15) is 0 Å². The highest BCUT2D eigenvalue weighted by atomic mass is 16.1. The maximum absolute atomic E-state index is 12.3. The Morgan fingerprint density at radius 1 is 1.08 bits per heavy atom. The number of carbonyl (C=O) groups excluding carboxylic acids is 1. The van der Waals surface area contributed by atoms with Crippen LogP contribution in [0, 0.1) is 13.8 Å². The zero-order valence-electron chi connectivity index (χ0n) is 14.3. The summed E-state index contributed by atoms with van der Waals surface area (Å²) in [6, 6.07) is 6.40. The topological polar surface area (TPSA) is 66.9 Å². The Morgan fingerprint density at radius 2 is 1.79 bits per heavy atom. The molecule has 0 saturated heterocycles. The third-order valence-electron chi connectivity index (χ3n) is 4.48. The lowest BCUT2D eigenvalue weighted by atomic mass is 9.96. The number of aryl methyl sites for hydroxylation is 2. The van der Waals surface area contributed by atoms with Crippen LogP contribution in [0.3, 0.4) is 0 Å². The highest BCUT2D eigenvalue weighted by Crippen LogP contribution is 2.20. The molecule has 1 fully saturated rings. The molecule has 5 nitrogen and oxygen atoms in total. The van der Waals surface area contributed by atoms with E-state index in [4.69, 9.17) is 0 Å². The number of nitrogens with zero attached hydrogens (tertiary/aromatic N) is 2. The number of amides is 1. The molecular formula is C19H24N4O. The molecule has 1 aromatic heterocycles. The van der Waals surface area contributed by atoms with Crippen LogP contribution in [0.2, 0.25) is 0 Å². The van der Waals surface area contributed by atoms with Crippen molar-refractivity contribution >= 4 is 17.5 Å². The fourth-order valence-corrected chi connectivity index (χ4v) is 3.10. The number of hydrogen-bond acceptors (Lipinski definition) is 4. The number of aromatic nitrogens is 2. The molecule has 1 aliphatic rings. The summed E-state index contributed by atoms with van der Waals surface area (Å²) in [6.07, 6.45) is 9.32. The van der Waals surface area contributed by atoms with Gasteiger partial charge in [0, 0.05) is 24.1 Å². The van der Waals surface area contributed by atoms with Gasteiger partial charge in [0.15, 0.2) is 0 Å². The van der Waals surface area contributed by atoms with Crippen LogP contribution in [0.5, 0.6) is 0 Å². The lowest BCUT2D eigenvalue weighted by Gasteiger charge is -2.22. The van der Waals surface area contributed by atoms with E-state index >= 15 is 0 Å². The first kappa shape index (κ1) is 16.4. The molecule has 3 rings (SSSR count). The quantitative estimate of drug-likeness (QED) is 0.889. The first-order valence-corrected chi connectivity index (χ1v) is 8.59. The summed E-state index contributed by atoms with van der Waals surface area (Å²) in [6.45, 7) is 4.01. The van der Waals surface area contributed by atoms with Crippen LogP contribution >= 0.6 is 0 Å². The smallest absolute Gasteiger partial charge is 0.258 e. The molecule has 0 atom stereocenters. The first-order valence-electron chi connectivity index (χ1n) is 8.59. The molecule has 126 valence electrons. The third-order valence-corrected chi connectivity index (χ3v) is 4.48. The van der Waals surface area contributed by atoms with Gasteiger partial charge in [-0.25, -0.2) is 9.97 Å². The Kier molecular flexibility index (Phi) is 5.08. The molecule has 0 radical (unpaired) electrons. The molecule has 5 heteroatoms. The van der Waals surface area contributed by atoms with E-state index < -0.39 is 0 Å². The van der Waals surface area contributed by atoms with Crippen molar-refractivity contribution in [3.05, 3.63) is 47.3 Å². The van der Waals surface area contributed by atoms with Crippen molar-refractivity contribution in [1.82, 2.24) is 9.97 Å². The number of carbonyl (C=O) groups is 1. The van der Waals surface area contributed by atoms with E-state index in [1.807, 2.05) is 32.0 Å². The van der Waals surface area contributed by atoms with Gasteiger partial charge in [0.05, 0.1) is 5.56 Å². The second-order valence-corrected chi connectivity index (χ2v) is 6.55. The number of hydrogen-bond donors (Lipinski definition) is 2. The molecule has 1 saturated carbocycles. The zero-order chi connectivity index (χ0) is 16.9. The summed E-state index contributed by atoms with van der Waals surface area (Å²) in [5.41, 5.74) is 3.49. The lowest BCUT2D eigenvalue weighted by molar-refractivity contribution is 0.102. The highest BCUT2D eigenvalue weighted by molar-refractivity contribution is 6.04. The van der Waals surface area contributed by atoms with Gasteiger partial charge in [-0.3, -0.25) is 4.79 Å². The molecule has 0 unspecified atom stereocenters. The van der Waals surface area contributed by atoms with Gasteiger partial charge < -0.3 is 10.6 Å². The van der Waals surface area contributed by atoms with Crippen molar-refractivity contribution < 1.29 is 4.79 Å². The van der Waals surface area contributed by atoms with E-state index in [1.54, 1.807) is 12.4 Å². The molecule has 0 bridgehead atoms.